The second kappa shape index (κ2) is 8.63. The fourth-order valence-electron chi connectivity index (χ4n) is 0.250. The van der Waals surface area contributed by atoms with Gasteiger partial charge in [0.25, 0.3) is 0 Å². The average Bonchev–Trinajstić information content (AvgIpc) is 1.85. The molecule has 0 aliphatic carbocycles. The highest BCUT2D eigenvalue weighted by Crippen LogP contribution is 1.83. The van der Waals surface area contributed by atoms with Crippen LogP contribution in [0.4, 0.5) is 0 Å². The van der Waals surface area contributed by atoms with Gasteiger partial charge in [-0.15, -0.1) is 0 Å². The number of carbonyl (C=O) groups is 1. The normalized spacial score (nSPS) is 8.60. The first-order valence-corrected chi connectivity index (χ1v) is 3.74. The van der Waals surface area contributed by atoms with E-state index in [1.807, 2.05) is 13.8 Å². The number of ketones is 1. The van der Waals surface area contributed by atoms with E-state index in [1.165, 1.54) is 0 Å². The highest BCUT2D eigenvalue weighted by atomic mass is 16.3. The van der Waals surface area contributed by atoms with E-state index < -0.39 is 0 Å². The highest BCUT2D eigenvalue weighted by molar-refractivity contribution is 5.77. The minimum Gasteiger partial charge on any atom is -0.394 e. The van der Waals surface area contributed by atoms with E-state index in [0.29, 0.717) is 18.6 Å². The van der Waals surface area contributed by atoms with Crippen LogP contribution in [0.2, 0.25) is 0 Å². The summed E-state index contributed by atoms with van der Waals surface area (Å²) in [6, 6.07) is 0. The number of aliphatic hydroxyl groups excluding tert-OH is 1. The van der Waals surface area contributed by atoms with Gasteiger partial charge in [-0.3, -0.25) is 4.79 Å². The molecule has 0 rings (SSSR count). The number of carbonyl (C=O) groups excluding carboxylic acids is 1. The van der Waals surface area contributed by atoms with Gasteiger partial charge in [0, 0.05) is 18.9 Å². The van der Waals surface area contributed by atoms with Crippen LogP contribution in [0, 0.1) is 0 Å². The molecular formula is C8H18O2. The maximum atomic E-state index is 10.2. The standard InChI is InChI=1S/C5H10O.C3H8O/c1-3-5(6)4-2;1-3(2)4/h3-4H2,1-2H3;3-4H,1-2H3. The number of Topliss-reactive ketones (excluding diaryl/α,β-unsaturated/α-hetero) is 1. The zero-order chi connectivity index (χ0) is 8.57. The van der Waals surface area contributed by atoms with Crippen molar-refractivity contribution >= 4 is 5.78 Å². The lowest BCUT2D eigenvalue weighted by molar-refractivity contribution is -0.118. The number of hydrogen-bond donors (Lipinski definition) is 1. The van der Waals surface area contributed by atoms with Crippen LogP contribution < -0.4 is 0 Å². The molecule has 0 unspecified atom stereocenters. The Morgan fingerprint density at radius 2 is 1.50 bits per heavy atom. The molecule has 0 aromatic rings. The molecule has 0 saturated carbocycles. The van der Waals surface area contributed by atoms with Crippen molar-refractivity contribution in [1.29, 1.82) is 0 Å². The summed E-state index contributed by atoms with van der Waals surface area (Å²) in [5.41, 5.74) is 0. The first-order chi connectivity index (χ1) is 4.54. The fraction of sp³-hybridized carbons (Fsp3) is 0.875. The van der Waals surface area contributed by atoms with E-state index in [2.05, 4.69) is 0 Å². The Bertz CT molecular complexity index is 68.6. The van der Waals surface area contributed by atoms with Crippen molar-refractivity contribution in [3.8, 4) is 0 Å². The lowest BCUT2D eigenvalue weighted by Gasteiger charge is -1.81. The summed E-state index contributed by atoms with van der Waals surface area (Å²) in [6.07, 6.45) is 1.22. The number of aliphatic hydroxyl groups is 1. The van der Waals surface area contributed by atoms with Crippen molar-refractivity contribution in [2.75, 3.05) is 0 Å². The molecule has 0 saturated heterocycles. The second-order valence-electron chi connectivity index (χ2n) is 2.34. The Morgan fingerprint density at radius 3 is 1.50 bits per heavy atom. The second-order valence-corrected chi connectivity index (χ2v) is 2.34. The lowest BCUT2D eigenvalue weighted by atomic mass is 10.3. The van der Waals surface area contributed by atoms with Crippen LogP contribution >= 0.6 is 0 Å². The van der Waals surface area contributed by atoms with Crippen molar-refractivity contribution < 1.29 is 9.90 Å². The monoisotopic (exact) mass is 146 g/mol. The van der Waals surface area contributed by atoms with Crippen molar-refractivity contribution in [2.45, 2.75) is 46.6 Å². The molecule has 0 atom stereocenters. The average molecular weight is 146 g/mol. The minimum absolute atomic E-state index is 0.167. The Balaban J connectivity index is 0. The van der Waals surface area contributed by atoms with Gasteiger partial charge in [0.15, 0.2) is 0 Å². The van der Waals surface area contributed by atoms with Crippen LogP contribution in [0.25, 0.3) is 0 Å². The molecule has 0 aromatic heterocycles. The molecule has 0 aliphatic heterocycles. The quantitative estimate of drug-likeness (QED) is 0.644. The van der Waals surface area contributed by atoms with Crippen LogP contribution in [0.3, 0.4) is 0 Å². The summed E-state index contributed by atoms with van der Waals surface area (Å²) in [6.45, 7) is 7.21. The van der Waals surface area contributed by atoms with Crippen molar-refractivity contribution in [3.05, 3.63) is 0 Å². The van der Waals surface area contributed by atoms with E-state index in [0.717, 1.165) is 0 Å². The summed E-state index contributed by atoms with van der Waals surface area (Å²) in [5, 5.41) is 8.06. The molecule has 0 heterocycles. The van der Waals surface area contributed by atoms with E-state index in [1.54, 1.807) is 13.8 Å². The predicted molar refractivity (Wildman–Crippen MR) is 42.9 cm³/mol. The Morgan fingerprint density at radius 1 is 1.30 bits per heavy atom. The van der Waals surface area contributed by atoms with Gasteiger partial charge in [0.2, 0.25) is 0 Å². The molecule has 0 radical (unpaired) electrons. The van der Waals surface area contributed by atoms with Gasteiger partial charge < -0.3 is 5.11 Å². The molecule has 0 spiro atoms. The van der Waals surface area contributed by atoms with E-state index in [9.17, 15) is 4.79 Å². The van der Waals surface area contributed by atoms with E-state index in [-0.39, 0.29) is 6.10 Å². The van der Waals surface area contributed by atoms with Gasteiger partial charge in [-0.1, -0.05) is 13.8 Å². The molecule has 2 heteroatoms. The summed E-state index contributed by atoms with van der Waals surface area (Å²) < 4.78 is 0. The molecule has 0 aliphatic rings. The first kappa shape index (κ1) is 12.3. The van der Waals surface area contributed by atoms with Crippen LogP contribution in [0.1, 0.15) is 40.5 Å². The predicted octanol–water partition coefficient (Wildman–Crippen LogP) is 1.76. The van der Waals surface area contributed by atoms with Gasteiger partial charge in [0.1, 0.15) is 5.78 Å². The van der Waals surface area contributed by atoms with Gasteiger partial charge in [-0.05, 0) is 13.8 Å². The molecule has 1 N–H and O–H groups in total. The smallest absolute Gasteiger partial charge is 0.132 e. The van der Waals surface area contributed by atoms with Crippen molar-refractivity contribution in [2.24, 2.45) is 0 Å². The van der Waals surface area contributed by atoms with Gasteiger partial charge in [0.05, 0.1) is 0 Å². The summed E-state index contributed by atoms with van der Waals surface area (Å²) in [4.78, 5) is 10.2. The van der Waals surface area contributed by atoms with E-state index >= 15 is 0 Å². The minimum atomic E-state index is -0.167. The van der Waals surface area contributed by atoms with Gasteiger partial charge in [-0.2, -0.15) is 0 Å². The molecule has 10 heavy (non-hydrogen) atoms. The van der Waals surface area contributed by atoms with E-state index in [4.69, 9.17) is 5.11 Å². The molecule has 62 valence electrons. The SMILES string of the molecule is CC(C)O.CCC(=O)CC. The fourth-order valence-corrected chi connectivity index (χ4v) is 0.250. The van der Waals surface area contributed by atoms with Crippen LogP contribution in [-0.4, -0.2) is 17.0 Å². The summed E-state index contributed by atoms with van der Waals surface area (Å²) in [7, 11) is 0. The summed E-state index contributed by atoms with van der Waals surface area (Å²) >= 11 is 0. The number of rotatable bonds is 2. The maximum Gasteiger partial charge on any atom is 0.132 e. The largest absolute Gasteiger partial charge is 0.394 e. The molecule has 0 fully saturated rings. The zero-order valence-electron chi connectivity index (χ0n) is 7.35. The highest BCUT2D eigenvalue weighted by Gasteiger charge is 1.86. The van der Waals surface area contributed by atoms with Crippen LogP contribution in [0.15, 0.2) is 0 Å². The molecular weight excluding hydrogens is 128 g/mol. The molecule has 0 aromatic carbocycles. The number of hydrogen-bond acceptors (Lipinski definition) is 2. The molecule has 0 amide bonds. The van der Waals surface area contributed by atoms with Gasteiger partial charge >= 0.3 is 0 Å². The molecule has 0 bridgehead atoms. The Labute approximate surface area is 63.3 Å². The zero-order valence-corrected chi connectivity index (χ0v) is 7.35. The third kappa shape index (κ3) is 25.5. The van der Waals surface area contributed by atoms with Crippen molar-refractivity contribution in [1.82, 2.24) is 0 Å². The Kier molecular flexibility index (Phi) is 10.6. The van der Waals surface area contributed by atoms with Crippen LogP contribution in [0.5, 0.6) is 0 Å². The summed E-state index contributed by atoms with van der Waals surface area (Å²) in [5.74, 6) is 0.343. The first-order valence-electron chi connectivity index (χ1n) is 3.74. The third-order valence-electron chi connectivity index (χ3n) is 0.789. The van der Waals surface area contributed by atoms with Crippen molar-refractivity contribution in [3.63, 3.8) is 0 Å². The molecule has 2 nitrogen and oxygen atoms in total. The lowest BCUT2D eigenvalue weighted by Crippen LogP contribution is -1.88. The maximum absolute atomic E-state index is 10.2. The van der Waals surface area contributed by atoms with Gasteiger partial charge in [-0.25, -0.2) is 0 Å². The van der Waals surface area contributed by atoms with Crippen LogP contribution in [-0.2, 0) is 4.79 Å². The Hall–Kier alpha value is -0.370. The topological polar surface area (TPSA) is 37.3 Å². The third-order valence-corrected chi connectivity index (χ3v) is 0.789.